The third kappa shape index (κ3) is 4.20. The van der Waals surface area contributed by atoms with E-state index in [1.807, 2.05) is 19.1 Å². The van der Waals surface area contributed by atoms with Crippen LogP contribution >= 0.6 is 11.8 Å². The number of pyridine rings is 1. The number of aliphatic hydroxyl groups excluding tert-OH is 2. The van der Waals surface area contributed by atoms with Gasteiger partial charge in [-0.15, -0.1) is 11.8 Å². The molecule has 0 bridgehead atoms. The number of thioether (sulfide) groups is 1. The third-order valence-corrected chi connectivity index (χ3v) is 3.13. The molecule has 0 unspecified atom stereocenters. The SMILES string of the molecule is CC[C@@H](O)c1ccc(SCCCO)cn1. The fourth-order valence-electron chi connectivity index (χ4n) is 1.14. The Labute approximate surface area is 94.6 Å². The van der Waals surface area contributed by atoms with Gasteiger partial charge in [0.05, 0.1) is 11.8 Å². The van der Waals surface area contributed by atoms with Crippen LogP contribution < -0.4 is 0 Å². The van der Waals surface area contributed by atoms with Gasteiger partial charge in [0.25, 0.3) is 0 Å². The predicted octanol–water partition coefficient (Wildman–Crippen LogP) is 2.00. The molecule has 0 radical (unpaired) electrons. The maximum absolute atomic E-state index is 9.53. The summed E-state index contributed by atoms with van der Waals surface area (Å²) in [6.07, 6.45) is 2.80. The molecule has 0 aliphatic heterocycles. The van der Waals surface area contributed by atoms with Crippen molar-refractivity contribution >= 4 is 11.8 Å². The summed E-state index contributed by atoms with van der Waals surface area (Å²) in [5, 5.41) is 18.2. The summed E-state index contributed by atoms with van der Waals surface area (Å²) in [4.78, 5) is 5.27. The van der Waals surface area contributed by atoms with Crippen molar-refractivity contribution in [1.82, 2.24) is 4.98 Å². The zero-order valence-electron chi connectivity index (χ0n) is 8.89. The summed E-state index contributed by atoms with van der Waals surface area (Å²) in [5.74, 6) is 0.897. The van der Waals surface area contributed by atoms with E-state index in [0.29, 0.717) is 6.42 Å². The Balaban J connectivity index is 2.49. The fourth-order valence-corrected chi connectivity index (χ4v) is 1.94. The summed E-state index contributed by atoms with van der Waals surface area (Å²) in [5.41, 5.74) is 0.726. The van der Waals surface area contributed by atoms with Gasteiger partial charge in [0.2, 0.25) is 0 Å². The Morgan fingerprint density at radius 1 is 1.47 bits per heavy atom. The molecule has 1 rings (SSSR count). The smallest absolute Gasteiger partial charge is 0.0957 e. The Bertz CT molecular complexity index is 276. The molecule has 3 nitrogen and oxygen atoms in total. The molecule has 0 saturated carbocycles. The maximum Gasteiger partial charge on any atom is 0.0957 e. The molecule has 0 aliphatic rings. The van der Waals surface area contributed by atoms with Gasteiger partial charge in [-0.05, 0) is 25.0 Å². The predicted molar refractivity (Wildman–Crippen MR) is 61.9 cm³/mol. The topological polar surface area (TPSA) is 53.4 Å². The molecular weight excluding hydrogens is 210 g/mol. The molecule has 0 fully saturated rings. The lowest BCUT2D eigenvalue weighted by Crippen LogP contribution is -1.98. The first kappa shape index (κ1) is 12.5. The summed E-state index contributed by atoms with van der Waals surface area (Å²) in [6, 6.07) is 3.82. The second kappa shape index (κ2) is 6.82. The molecule has 1 aromatic heterocycles. The average Bonchev–Trinajstić information content (AvgIpc) is 2.29. The van der Waals surface area contributed by atoms with Crippen molar-refractivity contribution in [3.8, 4) is 0 Å². The van der Waals surface area contributed by atoms with Crippen molar-refractivity contribution in [1.29, 1.82) is 0 Å². The van der Waals surface area contributed by atoms with Crippen LogP contribution in [0.5, 0.6) is 0 Å². The van der Waals surface area contributed by atoms with Gasteiger partial charge >= 0.3 is 0 Å². The minimum atomic E-state index is -0.457. The standard InChI is InChI=1S/C11H17NO2S/c1-2-11(14)10-5-4-9(8-12-10)15-7-3-6-13/h4-5,8,11,13-14H,2-3,6-7H2,1H3/t11-/m1/s1. The molecule has 0 saturated heterocycles. The van der Waals surface area contributed by atoms with E-state index < -0.39 is 6.10 Å². The van der Waals surface area contributed by atoms with E-state index in [1.165, 1.54) is 0 Å². The molecule has 1 aromatic rings. The van der Waals surface area contributed by atoms with Crippen LogP contribution in [0.3, 0.4) is 0 Å². The quantitative estimate of drug-likeness (QED) is 0.576. The normalized spacial score (nSPS) is 12.7. The van der Waals surface area contributed by atoms with Gasteiger partial charge < -0.3 is 10.2 Å². The maximum atomic E-state index is 9.53. The largest absolute Gasteiger partial charge is 0.396 e. The van der Waals surface area contributed by atoms with Crippen molar-refractivity contribution in [2.24, 2.45) is 0 Å². The second-order valence-corrected chi connectivity index (χ2v) is 4.44. The van der Waals surface area contributed by atoms with Crippen LogP contribution in [0.25, 0.3) is 0 Å². The number of aliphatic hydroxyl groups is 2. The molecule has 0 aromatic carbocycles. The Kier molecular flexibility index (Phi) is 5.68. The Morgan fingerprint density at radius 2 is 2.27 bits per heavy atom. The van der Waals surface area contributed by atoms with Crippen LogP contribution in [-0.4, -0.2) is 27.6 Å². The summed E-state index contributed by atoms with van der Waals surface area (Å²) in [6.45, 7) is 2.16. The molecule has 0 spiro atoms. The molecule has 1 atom stereocenters. The van der Waals surface area contributed by atoms with Gasteiger partial charge in [-0.3, -0.25) is 4.98 Å². The highest BCUT2D eigenvalue weighted by Gasteiger charge is 2.05. The first-order valence-electron chi connectivity index (χ1n) is 5.15. The van der Waals surface area contributed by atoms with E-state index in [-0.39, 0.29) is 6.61 Å². The van der Waals surface area contributed by atoms with Crippen LogP contribution in [0.2, 0.25) is 0 Å². The van der Waals surface area contributed by atoms with Crippen molar-refractivity contribution in [2.45, 2.75) is 30.8 Å². The highest BCUT2D eigenvalue weighted by atomic mass is 32.2. The summed E-state index contributed by atoms with van der Waals surface area (Å²) in [7, 11) is 0. The molecular formula is C11H17NO2S. The van der Waals surface area contributed by atoms with E-state index >= 15 is 0 Å². The van der Waals surface area contributed by atoms with Crippen LogP contribution in [0.1, 0.15) is 31.6 Å². The van der Waals surface area contributed by atoms with E-state index in [1.54, 1.807) is 18.0 Å². The van der Waals surface area contributed by atoms with Crippen LogP contribution in [-0.2, 0) is 0 Å². The lowest BCUT2D eigenvalue weighted by Gasteiger charge is -2.07. The molecule has 15 heavy (non-hydrogen) atoms. The Morgan fingerprint density at radius 3 is 2.80 bits per heavy atom. The number of hydrogen-bond acceptors (Lipinski definition) is 4. The first-order chi connectivity index (χ1) is 7.27. The summed E-state index contributed by atoms with van der Waals surface area (Å²) < 4.78 is 0. The van der Waals surface area contributed by atoms with Crippen molar-refractivity contribution in [2.75, 3.05) is 12.4 Å². The van der Waals surface area contributed by atoms with E-state index in [4.69, 9.17) is 5.11 Å². The zero-order chi connectivity index (χ0) is 11.1. The average molecular weight is 227 g/mol. The molecule has 0 aliphatic carbocycles. The fraction of sp³-hybridized carbons (Fsp3) is 0.545. The first-order valence-corrected chi connectivity index (χ1v) is 6.14. The van der Waals surface area contributed by atoms with Gasteiger partial charge in [-0.1, -0.05) is 6.92 Å². The number of hydrogen-bond donors (Lipinski definition) is 2. The van der Waals surface area contributed by atoms with Crippen molar-refractivity contribution < 1.29 is 10.2 Å². The minimum Gasteiger partial charge on any atom is -0.396 e. The van der Waals surface area contributed by atoms with Crippen molar-refractivity contribution in [3.63, 3.8) is 0 Å². The molecule has 0 amide bonds. The van der Waals surface area contributed by atoms with Crippen LogP contribution in [0, 0.1) is 0 Å². The summed E-state index contributed by atoms with van der Waals surface area (Å²) >= 11 is 1.67. The highest BCUT2D eigenvalue weighted by molar-refractivity contribution is 7.99. The number of rotatable bonds is 6. The monoisotopic (exact) mass is 227 g/mol. The highest BCUT2D eigenvalue weighted by Crippen LogP contribution is 2.20. The molecule has 2 N–H and O–H groups in total. The van der Waals surface area contributed by atoms with E-state index in [0.717, 1.165) is 22.8 Å². The molecule has 1 heterocycles. The Hall–Kier alpha value is -0.580. The number of aromatic nitrogens is 1. The second-order valence-electron chi connectivity index (χ2n) is 3.27. The van der Waals surface area contributed by atoms with Gasteiger partial charge in [-0.2, -0.15) is 0 Å². The van der Waals surface area contributed by atoms with Crippen LogP contribution in [0.15, 0.2) is 23.2 Å². The molecule has 4 heteroatoms. The lowest BCUT2D eigenvalue weighted by atomic mass is 10.2. The number of nitrogens with zero attached hydrogens (tertiary/aromatic N) is 1. The van der Waals surface area contributed by atoms with Gasteiger partial charge in [0.15, 0.2) is 0 Å². The van der Waals surface area contributed by atoms with E-state index in [9.17, 15) is 5.11 Å². The van der Waals surface area contributed by atoms with Gasteiger partial charge in [0.1, 0.15) is 0 Å². The molecule has 84 valence electrons. The third-order valence-electron chi connectivity index (χ3n) is 2.06. The van der Waals surface area contributed by atoms with Crippen LogP contribution in [0.4, 0.5) is 0 Å². The van der Waals surface area contributed by atoms with E-state index in [2.05, 4.69) is 4.98 Å². The zero-order valence-corrected chi connectivity index (χ0v) is 9.70. The minimum absolute atomic E-state index is 0.229. The van der Waals surface area contributed by atoms with Gasteiger partial charge in [-0.25, -0.2) is 0 Å². The van der Waals surface area contributed by atoms with Crippen molar-refractivity contribution in [3.05, 3.63) is 24.0 Å². The van der Waals surface area contributed by atoms with Gasteiger partial charge in [0, 0.05) is 23.5 Å². The lowest BCUT2D eigenvalue weighted by molar-refractivity contribution is 0.169.